The van der Waals surface area contributed by atoms with Crippen molar-refractivity contribution in [3.8, 4) is 0 Å². The van der Waals surface area contributed by atoms with Crippen LogP contribution in [0.2, 0.25) is 0 Å². The molecule has 4 aliphatic heterocycles. The number of primary amides is 2. The minimum Gasteiger partial charge on any atom is -0.445 e. The van der Waals surface area contributed by atoms with E-state index < -0.39 is 231 Å². The van der Waals surface area contributed by atoms with Crippen LogP contribution in [-0.2, 0) is 89.6 Å². The number of carbonyl (C=O) groups excluding carboxylic acids is 17. The third-order valence-electron chi connectivity index (χ3n) is 20.2. The normalized spacial score (nSPS) is 21.6. The first-order valence-corrected chi connectivity index (χ1v) is 38.6. The maximum absolute atomic E-state index is 15.2. The number of nitrogens with one attached hydrogen (secondary N) is 10. The topological polar surface area (TPSA) is 538 Å². The Hall–Kier alpha value is -11.0. The number of aromatic amines is 1. The Morgan fingerprint density at radius 1 is 0.735 bits per heavy atom. The molecule has 3 aromatic rings. The fourth-order valence-electron chi connectivity index (χ4n) is 13.2. The van der Waals surface area contributed by atoms with Crippen molar-refractivity contribution >= 4 is 129 Å². The van der Waals surface area contributed by atoms with E-state index in [-0.39, 0.29) is 69.9 Å². The zero-order chi connectivity index (χ0) is 82.9. The number of unbranched alkanes of at least 4 members (excludes halogenated alkanes) is 2. The van der Waals surface area contributed by atoms with E-state index in [1.807, 2.05) is 0 Å². The maximum Gasteiger partial charge on any atom is 0.409 e. The molecule has 616 valence electrons. The quantitative estimate of drug-likeness (QED) is 0.0304. The molecule has 0 spiro atoms. The Balaban J connectivity index is 1.03. The van der Waals surface area contributed by atoms with Crippen LogP contribution in [0.4, 0.5) is 20.1 Å². The van der Waals surface area contributed by atoms with Crippen molar-refractivity contribution in [1.82, 2.24) is 67.1 Å². The molecule has 0 radical (unpaired) electrons. The monoisotopic (exact) mass is 1600 g/mol. The summed E-state index contributed by atoms with van der Waals surface area (Å²) in [4.78, 5) is 240. The number of hydrogen-bond acceptors (Lipinski definition) is 22. The molecule has 38 heteroatoms. The third kappa shape index (κ3) is 26.0. The first-order chi connectivity index (χ1) is 53.7. The zero-order valence-electron chi connectivity index (χ0n) is 64.3. The number of imide groups is 1. The summed E-state index contributed by atoms with van der Waals surface area (Å²) in [6.45, 7) is 5.06. The van der Waals surface area contributed by atoms with E-state index in [0.717, 1.165) is 31.4 Å². The summed E-state index contributed by atoms with van der Waals surface area (Å²) >= 11 is 1.03. The van der Waals surface area contributed by atoms with Crippen molar-refractivity contribution in [2.45, 2.75) is 172 Å². The van der Waals surface area contributed by atoms with Crippen LogP contribution < -0.4 is 59.3 Å². The first-order valence-electron chi connectivity index (χ1n) is 37.6. The number of aliphatic hydroxyl groups excluding tert-OH is 2. The molecule has 37 nitrogen and oxygen atoms in total. The fourth-order valence-corrected chi connectivity index (χ4v) is 14.4. The van der Waals surface area contributed by atoms with Gasteiger partial charge < -0.3 is 98.7 Å². The van der Waals surface area contributed by atoms with Gasteiger partial charge in [0.25, 0.3) is 11.8 Å². The van der Waals surface area contributed by atoms with Gasteiger partial charge in [-0.3, -0.25) is 72.0 Å². The Bertz CT molecular complexity index is 4020. The Labute approximate surface area is 656 Å². The number of fused-ring (bicyclic) bond motifs is 5. The number of rotatable bonds is 29. The van der Waals surface area contributed by atoms with Crippen LogP contribution in [0.5, 0.6) is 0 Å². The number of thioether (sulfide) groups is 1. The van der Waals surface area contributed by atoms with Crippen molar-refractivity contribution in [2.24, 2.45) is 41.1 Å². The highest BCUT2D eigenvalue weighted by atomic mass is 32.2. The van der Waals surface area contributed by atoms with Gasteiger partial charge in [0.05, 0.1) is 55.4 Å². The number of Topliss-reactive ketones (excluding diaryl/α,β-unsaturated/α-hetero) is 2. The lowest BCUT2D eigenvalue weighted by Crippen LogP contribution is -2.56. The van der Waals surface area contributed by atoms with E-state index in [0.29, 0.717) is 52.7 Å². The number of aliphatic hydroxyl groups is 2. The number of nitrogens with zero attached hydrogens (tertiary/aromatic N) is 4. The van der Waals surface area contributed by atoms with Crippen LogP contribution in [0.1, 0.15) is 116 Å². The number of anilines is 1. The molecule has 4 aliphatic rings. The van der Waals surface area contributed by atoms with E-state index in [1.54, 1.807) is 64.1 Å². The van der Waals surface area contributed by atoms with Gasteiger partial charge in [0, 0.05) is 119 Å². The Kier molecular flexibility index (Phi) is 33.6. The van der Waals surface area contributed by atoms with Crippen LogP contribution in [-0.4, -0.2) is 256 Å². The summed E-state index contributed by atoms with van der Waals surface area (Å²) in [5.74, 6) is -16.0. The predicted molar refractivity (Wildman–Crippen MR) is 407 cm³/mol. The number of urea groups is 1. The van der Waals surface area contributed by atoms with Crippen molar-refractivity contribution in [3.63, 3.8) is 0 Å². The van der Waals surface area contributed by atoms with E-state index >= 15 is 14.4 Å². The summed E-state index contributed by atoms with van der Waals surface area (Å²) in [7, 11) is 2.72. The number of para-hydroxylation sites is 1. The Morgan fingerprint density at radius 3 is 2.05 bits per heavy atom. The van der Waals surface area contributed by atoms with Gasteiger partial charge in [-0.2, -0.15) is 0 Å². The van der Waals surface area contributed by atoms with Gasteiger partial charge in [-0.25, -0.2) is 14.4 Å². The highest BCUT2D eigenvalue weighted by Crippen LogP contribution is 2.35. The molecular weight excluding hydrogens is 1490 g/mol. The second-order valence-electron chi connectivity index (χ2n) is 29.1. The molecule has 16 amide bonds. The minimum atomic E-state index is -1.72. The molecule has 1 saturated heterocycles. The van der Waals surface area contributed by atoms with Crippen molar-refractivity contribution in [2.75, 3.05) is 77.6 Å². The lowest BCUT2D eigenvalue weighted by molar-refractivity contribution is -0.145. The van der Waals surface area contributed by atoms with Gasteiger partial charge >= 0.3 is 18.2 Å². The van der Waals surface area contributed by atoms with Gasteiger partial charge in [-0.1, -0.05) is 77.8 Å². The van der Waals surface area contributed by atoms with Crippen LogP contribution in [0.3, 0.4) is 0 Å². The van der Waals surface area contributed by atoms with Gasteiger partial charge in [0.2, 0.25) is 59.1 Å². The van der Waals surface area contributed by atoms with E-state index in [4.69, 9.17) is 20.9 Å². The minimum absolute atomic E-state index is 0.0401. The molecule has 5 heterocycles. The third-order valence-corrected chi connectivity index (χ3v) is 21.3. The lowest BCUT2D eigenvalue weighted by atomic mass is 9.85. The lowest BCUT2D eigenvalue weighted by Gasteiger charge is -2.32. The molecule has 1 fully saturated rings. The number of benzene rings is 2. The largest absolute Gasteiger partial charge is 0.445 e. The summed E-state index contributed by atoms with van der Waals surface area (Å²) < 4.78 is 11.4. The molecule has 1 unspecified atom stereocenters. The molecule has 113 heavy (non-hydrogen) atoms. The number of carbonyl (C=O) groups is 17. The summed E-state index contributed by atoms with van der Waals surface area (Å²) in [6, 6.07) is 4.01. The predicted octanol–water partition coefficient (Wildman–Crippen LogP) is -0.617. The van der Waals surface area contributed by atoms with E-state index in [2.05, 4.69) is 52.8 Å². The number of hydrogen-bond donors (Lipinski definition) is 14. The molecule has 0 aliphatic carbocycles. The summed E-state index contributed by atoms with van der Waals surface area (Å²) in [5.41, 5.74) is 12.8. The number of ketones is 2. The molecule has 0 saturated carbocycles. The molecule has 16 N–H and O–H groups in total. The number of ether oxygens (including phenoxy) is 2. The van der Waals surface area contributed by atoms with Gasteiger partial charge in [0.1, 0.15) is 36.9 Å². The molecule has 2 bridgehead atoms. The van der Waals surface area contributed by atoms with Gasteiger partial charge in [-0.15, -0.1) is 11.8 Å². The number of nitrogens with two attached hydrogens (primary N) is 2. The van der Waals surface area contributed by atoms with Crippen molar-refractivity contribution in [1.29, 1.82) is 0 Å². The average molecular weight is 1600 g/mol. The van der Waals surface area contributed by atoms with Crippen LogP contribution in [0.25, 0.3) is 10.9 Å². The summed E-state index contributed by atoms with van der Waals surface area (Å²) in [6.07, 6.45) is -3.33. The maximum atomic E-state index is 15.2. The SMILES string of the molecule is CC[C@H](C)[C@@H]1NC(=O)CNC(=O)[C@H]2CC(=O)[C@H]([C@@H](C)[C@@H](O)CO)NC(=O)C3C[C@@H](OC(=O)N(C)CCN(C)C(=O)OCc4ccc(NC(=O)[C@H](CCCNC(N)=O)NC(=O)[C@@H](NC(=O)CCCCCN5C(=O)C=CC5=O)C(C)C)cc4)CN3C(=O)[C@H](CC(N)=O)CC(=O)[C@H](CSc3[nH]c4ccccc4c3C2)NC(=O)CNC1=O. The van der Waals surface area contributed by atoms with E-state index in [9.17, 15) is 77.3 Å². The van der Waals surface area contributed by atoms with Crippen LogP contribution in [0, 0.1) is 29.6 Å². The molecule has 2 aromatic carbocycles. The van der Waals surface area contributed by atoms with E-state index in [1.165, 1.54) is 45.3 Å². The Morgan fingerprint density at radius 2 is 1.40 bits per heavy atom. The second-order valence-corrected chi connectivity index (χ2v) is 30.1. The molecular formula is C75H104N16O21S. The number of H-pyrrole nitrogens is 1. The number of aromatic nitrogens is 1. The fraction of sp³-hybridized carbons (Fsp3) is 0.560. The first kappa shape index (κ1) is 89.2. The molecule has 1 aromatic heterocycles. The van der Waals surface area contributed by atoms with Crippen LogP contribution in [0.15, 0.2) is 65.7 Å². The van der Waals surface area contributed by atoms with Crippen LogP contribution >= 0.6 is 11.8 Å². The highest BCUT2D eigenvalue weighted by Gasteiger charge is 2.47. The highest BCUT2D eigenvalue weighted by molar-refractivity contribution is 7.99. The number of amides is 16. The van der Waals surface area contributed by atoms with Gasteiger partial charge in [-0.05, 0) is 73.3 Å². The van der Waals surface area contributed by atoms with Crippen molar-refractivity contribution in [3.05, 3.63) is 71.8 Å². The van der Waals surface area contributed by atoms with Crippen molar-refractivity contribution < 1.29 is 101 Å². The second kappa shape index (κ2) is 42.6. The molecule has 12 atom stereocenters. The summed E-state index contributed by atoms with van der Waals surface area (Å²) in [5, 5.41) is 46.0. The standard InChI is InChI=1S/C75H104N16O21S/c1-8-41(4)64-69(105)80-34-59(98)82-52-39-113-71-49(48-15-11-12-16-50(48)84-71)29-44(66(102)79-35-60(99)86-64)30-55(94)65(42(5)56(95)37-92)87-68(104)53-33-47(36-91(53)72(107)45(31-54(52)93)32-57(76)96)112-75(110)89(7)28-27-88(6)74(109)111-38-43-19-21-46(22-20-43)81-67(103)51(17-14-25-78-73(77)108)83-70(106)63(40(2)3)85-58(97)18-10-9-13-26-90-61(100)23-24-62(90)101/h11-12,15-16,19-24,40-42,44-45,47,51-53,56,63-65,84,92,95H,8-10,13-14,17-18,25-39H2,1-7H3,(H2,76,96)(H,79,102)(H,80,105)(H,81,103)(H,82,98)(H,83,106)(H,85,97)(H,86,99)(H,87,104)(H3,77,78,108)/t41-,42-,44+,45-,47+,51-,52-,53?,56-,63-,64-,65-/m0/s1. The van der Waals surface area contributed by atoms with Gasteiger partial charge in [0.15, 0.2) is 11.6 Å². The molecule has 7 rings (SSSR count). The smallest absolute Gasteiger partial charge is 0.409 e. The zero-order valence-corrected chi connectivity index (χ0v) is 65.2. The number of likely N-dealkylation sites (N-methyl/N-ethyl adjacent to an activating group) is 2. The average Bonchev–Trinajstić information content (AvgIpc) is 1.66.